The number of aryl methyl sites for hydroxylation is 1. The molecule has 0 aliphatic rings. The van der Waals surface area contributed by atoms with E-state index in [0.29, 0.717) is 0 Å². The number of hydrogen-bond acceptors (Lipinski definition) is 4. The number of aromatic nitrogens is 2. The van der Waals surface area contributed by atoms with Gasteiger partial charge in [0.1, 0.15) is 6.54 Å². The van der Waals surface area contributed by atoms with Gasteiger partial charge in [0, 0.05) is 19.4 Å². The second kappa shape index (κ2) is 4.98. The first-order valence-corrected chi connectivity index (χ1v) is 4.48. The standard InChI is InChI=1S/C10H11N3O3/c1-3-5-13(7-8(14)15)9-10(16)12(2)6-4-11-9/h1,4,6H,5,7H2,2H3,(H,14,15). The van der Waals surface area contributed by atoms with Crippen LogP contribution in [0.25, 0.3) is 0 Å². The Morgan fingerprint density at radius 1 is 1.75 bits per heavy atom. The number of carboxylic acids is 1. The van der Waals surface area contributed by atoms with Gasteiger partial charge in [-0.2, -0.15) is 0 Å². The summed E-state index contributed by atoms with van der Waals surface area (Å²) >= 11 is 0. The van der Waals surface area contributed by atoms with Gasteiger partial charge in [0.2, 0.25) is 0 Å². The van der Waals surface area contributed by atoms with Crippen molar-refractivity contribution < 1.29 is 9.90 Å². The topological polar surface area (TPSA) is 75.4 Å². The summed E-state index contributed by atoms with van der Waals surface area (Å²) < 4.78 is 1.31. The Morgan fingerprint density at radius 2 is 2.44 bits per heavy atom. The molecule has 1 heterocycles. The molecule has 0 unspecified atom stereocenters. The second-order valence-electron chi connectivity index (χ2n) is 3.12. The van der Waals surface area contributed by atoms with E-state index in [1.165, 1.54) is 21.9 Å². The normalized spacial score (nSPS) is 9.50. The van der Waals surface area contributed by atoms with Crippen molar-refractivity contribution in [2.45, 2.75) is 0 Å². The van der Waals surface area contributed by atoms with E-state index in [4.69, 9.17) is 11.5 Å². The number of aliphatic carboxylic acids is 1. The molecule has 0 saturated carbocycles. The highest BCUT2D eigenvalue weighted by molar-refractivity contribution is 5.73. The molecule has 0 aromatic carbocycles. The molecule has 0 aliphatic heterocycles. The molecule has 16 heavy (non-hydrogen) atoms. The number of hydrogen-bond donors (Lipinski definition) is 1. The molecule has 0 radical (unpaired) electrons. The molecule has 1 rings (SSSR count). The van der Waals surface area contributed by atoms with Crippen LogP contribution >= 0.6 is 0 Å². The van der Waals surface area contributed by atoms with E-state index in [-0.39, 0.29) is 24.5 Å². The van der Waals surface area contributed by atoms with Gasteiger partial charge in [-0.15, -0.1) is 6.42 Å². The molecular formula is C10H11N3O3. The van der Waals surface area contributed by atoms with Crippen molar-refractivity contribution in [3.8, 4) is 12.3 Å². The first-order chi connectivity index (χ1) is 7.56. The number of rotatable bonds is 4. The van der Waals surface area contributed by atoms with Gasteiger partial charge in [-0.25, -0.2) is 4.98 Å². The summed E-state index contributed by atoms with van der Waals surface area (Å²) in [5.41, 5.74) is -0.376. The molecule has 0 bridgehead atoms. The molecule has 84 valence electrons. The van der Waals surface area contributed by atoms with E-state index in [0.717, 1.165) is 0 Å². The molecule has 1 N–H and O–H groups in total. The van der Waals surface area contributed by atoms with Crippen molar-refractivity contribution in [1.29, 1.82) is 0 Å². The zero-order valence-corrected chi connectivity index (χ0v) is 8.75. The fourth-order valence-electron chi connectivity index (χ4n) is 1.18. The summed E-state index contributed by atoms with van der Waals surface area (Å²) in [4.78, 5) is 27.4. The van der Waals surface area contributed by atoms with Gasteiger partial charge < -0.3 is 14.6 Å². The molecule has 0 atom stereocenters. The van der Waals surface area contributed by atoms with Crippen molar-refractivity contribution in [3.63, 3.8) is 0 Å². The molecule has 0 aliphatic carbocycles. The predicted molar refractivity (Wildman–Crippen MR) is 58.2 cm³/mol. The Bertz CT molecular complexity index is 487. The lowest BCUT2D eigenvalue weighted by atomic mass is 10.4. The van der Waals surface area contributed by atoms with Gasteiger partial charge in [0.15, 0.2) is 5.82 Å². The predicted octanol–water partition coefficient (Wildman–Crippen LogP) is -0.696. The summed E-state index contributed by atoms with van der Waals surface area (Å²) in [6.07, 6.45) is 8.01. The Morgan fingerprint density at radius 3 is 3.00 bits per heavy atom. The minimum Gasteiger partial charge on any atom is -0.480 e. The van der Waals surface area contributed by atoms with Crippen LogP contribution in [0.1, 0.15) is 0 Å². The maximum Gasteiger partial charge on any atom is 0.323 e. The fourth-order valence-corrected chi connectivity index (χ4v) is 1.18. The Kier molecular flexibility index (Phi) is 3.67. The van der Waals surface area contributed by atoms with Crippen LogP contribution in [0.5, 0.6) is 0 Å². The lowest BCUT2D eigenvalue weighted by molar-refractivity contribution is -0.135. The van der Waals surface area contributed by atoms with E-state index in [1.807, 2.05) is 0 Å². The Hall–Kier alpha value is -2.29. The highest BCUT2D eigenvalue weighted by Gasteiger charge is 2.14. The molecular weight excluding hydrogens is 210 g/mol. The number of carboxylic acid groups (broad SMARTS) is 1. The highest BCUT2D eigenvalue weighted by atomic mass is 16.4. The van der Waals surface area contributed by atoms with Crippen LogP contribution < -0.4 is 10.5 Å². The lowest BCUT2D eigenvalue weighted by Crippen LogP contribution is -2.36. The van der Waals surface area contributed by atoms with E-state index in [2.05, 4.69) is 10.9 Å². The maximum atomic E-state index is 11.7. The van der Waals surface area contributed by atoms with Gasteiger partial charge in [-0.1, -0.05) is 5.92 Å². The van der Waals surface area contributed by atoms with E-state index in [1.54, 1.807) is 7.05 Å². The van der Waals surface area contributed by atoms with Gasteiger partial charge in [0.05, 0.1) is 6.54 Å². The van der Waals surface area contributed by atoms with Crippen LogP contribution in [0.2, 0.25) is 0 Å². The Balaban J connectivity index is 3.11. The van der Waals surface area contributed by atoms with Crippen LogP contribution in [-0.4, -0.2) is 33.7 Å². The molecule has 0 fully saturated rings. The zero-order valence-electron chi connectivity index (χ0n) is 8.75. The van der Waals surface area contributed by atoms with Crippen LogP contribution in [0.15, 0.2) is 17.2 Å². The summed E-state index contributed by atoms with van der Waals surface area (Å²) in [7, 11) is 1.56. The van der Waals surface area contributed by atoms with Crippen LogP contribution in [-0.2, 0) is 11.8 Å². The number of anilines is 1. The van der Waals surface area contributed by atoms with Gasteiger partial charge in [-0.05, 0) is 0 Å². The minimum atomic E-state index is -1.07. The van der Waals surface area contributed by atoms with E-state index >= 15 is 0 Å². The molecule has 0 spiro atoms. The molecule has 1 aromatic rings. The largest absolute Gasteiger partial charge is 0.480 e. The first-order valence-electron chi connectivity index (χ1n) is 4.48. The summed E-state index contributed by atoms with van der Waals surface area (Å²) in [5, 5.41) is 8.69. The average Bonchev–Trinajstić information content (AvgIpc) is 2.21. The van der Waals surface area contributed by atoms with E-state index in [9.17, 15) is 9.59 Å². The summed E-state index contributed by atoms with van der Waals surface area (Å²) in [6, 6.07) is 0. The minimum absolute atomic E-state index is 0.0263. The molecule has 1 aromatic heterocycles. The average molecular weight is 221 g/mol. The van der Waals surface area contributed by atoms with Crippen molar-refractivity contribution >= 4 is 11.8 Å². The molecule has 0 saturated heterocycles. The van der Waals surface area contributed by atoms with Crippen molar-refractivity contribution in [3.05, 3.63) is 22.7 Å². The van der Waals surface area contributed by atoms with Crippen LogP contribution in [0.4, 0.5) is 5.82 Å². The monoisotopic (exact) mass is 221 g/mol. The number of carbonyl (C=O) groups is 1. The molecule has 6 nitrogen and oxygen atoms in total. The zero-order chi connectivity index (χ0) is 12.1. The SMILES string of the molecule is C#CCN(CC(=O)O)c1nccn(C)c1=O. The summed E-state index contributed by atoms with van der Waals surface area (Å²) in [5.74, 6) is 1.27. The fraction of sp³-hybridized carbons (Fsp3) is 0.300. The number of terminal acetylenes is 1. The second-order valence-corrected chi connectivity index (χ2v) is 3.12. The van der Waals surface area contributed by atoms with Gasteiger partial charge in [0.25, 0.3) is 5.56 Å². The van der Waals surface area contributed by atoms with Crippen molar-refractivity contribution in [1.82, 2.24) is 9.55 Å². The summed E-state index contributed by atoms with van der Waals surface area (Å²) in [6.45, 7) is -0.324. The Labute approximate surface area is 92.1 Å². The third kappa shape index (κ3) is 2.60. The number of nitrogens with zero attached hydrogens (tertiary/aromatic N) is 3. The quantitative estimate of drug-likeness (QED) is 0.681. The highest BCUT2D eigenvalue weighted by Crippen LogP contribution is 2.01. The molecule has 6 heteroatoms. The van der Waals surface area contributed by atoms with E-state index < -0.39 is 5.97 Å². The third-order valence-corrected chi connectivity index (χ3v) is 1.91. The lowest BCUT2D eigenvalue weighted by Gasteiger charge is -2.18. The maximum absolute atomic E-state index is 11.7. The van der Waals surface area contributed by atoms with Gasteiger partial charge >= 0.3 is 5.97 Å². The third-order valence-electron chi connectivity index (χ3n) is 1.91. The van der Waals surface area contributed by atoms with Gasteiger partial charge in [-0.3, -0.25) is 9.59 Å². The smallest absolute Gasteiger partial charge is 0.323 e. The van der Waals surface area contributed by atoms with Crippen LogP contribution in [0.3, 0.4) is 0 Å². The first kappa shape index (κ1) is 11.8. The van der Waals surface area contributed by atoms with Crippen molar-refractivity contribution in [2.24, 2.45) is 7.05 Å². The van der Waals surface area contributed by atoms with Crippen molar-refractivity contribution in [2.75, 3.05) is 18.0 Å². The molecule has 0 amide bonds. The van der Waals surface area contributed by atoms with Crippen LogP contribution in [0, 0.1) is 12.3 Å².